The molecule has 0 amide bonds. The average Bonchev–Trinajstić information content (AvgIpc) is 2.48. The molecule has 0 radical (unpaired) electrons. The van der Waals surface area contributed by atoms with Gasteiger partial charge in [-0.25, -0.2) is 0 Å². The summed E-state index contributed by atoms with van der Waals surface area (Å²) in [7, 11) is 1.70. The number of hydrogen-bond acceptors (Lipinski definition) is 4. The van der Waals surface area contributed by atoms with Gasteiger partial charge in [-0.3, -0.25) is 0 Å². The molecular weight excluding hydrogens is 238 g/mol. The molecule has 0 aromatic heterocycles. The Morgan fingerprint density at radius 2 is 2.00 bits per heavy atom. The van der Waals surface area contributed by atoms with E-state index in [9.17, 15) is 0 Å². The Bertz CT molecular complexity index is 400. The van der Waals surface area contributed by atoms with Gasteiger partial charge in [0.1, 0.15) is 5.75 Å². The first kappa shape index (κ1) is 14.2. The highest BCUT2D eigenvalue weighted by Crippen LogP contribution is 2.31. The zero-order valence-electron chi connectivity index (χ0n) is 12.0. The van der Waals surface area contributed by atoms with E-state index in [2.05, 4.69) is 23.2 Å². The van der Waals surface area contributed by atoms with Gasteiger partial charge < -0.3 is 20.7 Å². The molecule has 3 N–H and O–H groups in total. The number of likely N-dealkylation sites (tertiary alicyclic amines) is 1. The summed E-state index contributed by atoms with van der Waals surface area (Å²) in [5.41, 5.74) is 7.09. The molecule has 0 spiro atoms. The Morgan fingerprint density at radius 1 is 1.32 bits per heavy atom. The van der Waals surface area contributed by atoms with Gasteiger partial charge in [0.05, 0.1) is 18.3 Å². The Balaban J connectivity index is 2.11. The molecule has 0 saturated carbocycles. The summed E-state index contributed by atoms with van der Waals surface area (Å²) in [5, 5.41) is 3.63. The number of nitrogens with zero attached hydrogens (tertiary/aromatic N) is 1. The van der Waals surface area contributed by atoms with Crippen molar-refractivity contribution >= 4 is 5.69 Å². The average molecular weight is 263 g/mol. The Kier molecular flexibility index (Phi) is 4.66. The molecule has 0 unspecified atom stereocenters. The van der Waals surface area contributed by atoms with Crippen LogP contribution in [0.15, 0.2) is 24.3 Å². The molecule has 4 nitrogen and oxygen atoms in total. The number of methoxy groups -OCH3 is 1. The lowest BCUT2D eigenvalue weighted by Crippen LogP contribution is -2.53. The van der Waals surface area contributed by atoms with Gasteiger partial charge in [-0.2, -0.15) is 0 Å². The number of nitrogens with one attached hydrogen (secondary N) is 1. The van der Waals surface area contributed by atoms with Gasteiger partial charge in [0.15, 0.2) is 0 Å². The number of anilines is 1. The molecule has 1 aromatic rings. The van der Waals surface area contributed by atoms with Gasteiger partial charge in [0, 0.05) is 19.6 Å². The predicted octanol–water partition coefficient (Wildman–Crippen LogP) is 1.92. The molecule has 1 fully saturated rings. The first-order valence-corrected chi connectivity index (χ1v) is 7.06. The lowest BCUT2D eigenvalue weighted by atomic mass is 9.87. The van der Waals surface area contributed by atoms with Crippen molar-refractivity contribution in [3.05, 3.63) is 24.3 Å². The van der Waals surface area contributed by atoms with Crippen molar-refractivity contribution in [3.63, 3.8) is 0 Å². The monoisotopic (exact) mass is 263 g/mol. The lowest BCUT2D eigenvalue weighted by Gasteiger charge is -2.42. The first-order valence-electron chi connectivity index (χ1n) is 7.06. The highest BCUT2D eigenvalue weighted by molar-refractivity contribution is 5.57. The fraction of sp³-hybridized carbons (Fsp3) is 0.600. The summed E-state index contributed by atoms with van der Waals surface area (Å²) in [4.78, 5) is 2.47. The van der Waals surface area contributed by atoms with E-state index in [0.29, 0.717) is 6.54 Å². The number of nitrogens with two attached hydrogens (primary N) is 1. The van der Waals surface area contributed by atoms with Crippen molar-refractivity contribution in [1.29, 1.82) is 0 Å². The van der Waals surface area contributed by atoms with Crippen molar-refractivity contribution in [2.75, 3.05) is 38.6 Å². The highest BCUT2D eigenvalue weighted by atomic mass is 16.5. The van der Waals surface area contributed by atoms with Crippen LogP contribution in [0.1, 0.15) is 19.8 Å². The van der Waals surface area contributed by atoms with Gasteiger partial charge >= 0.3 is 0 Å². The van der Waals surface area contributed by atoms with E-state index in [0.717, 1.165) is 43.9 Å². The predicted molar refractivity (Wildman–Crippen MR) is 79.8 cm³/mol. The van der Waals surface area contributed by atoms with Gasteiger partial charge in [-0.1, -0.05) is 19.1 Å². The Hall–Kier alpha value is -1.26. The zero-order chi connectivity index (χ0) is 13.7. The molecule has 1 aromatic carbocycles. The maximum atomic E-state index is 6.04. The number of benzene rings is 1. The summed E-state index contributed by atoms with van der Waals surface area (Å²) in [5.74, 6) is 0.883. The number of ether oxygens (including phenoxy) is 1. The molecule has 4 heteroatoms. The Labute approximate surface area is 115 Å². The maximum Gasteiger partial charge on any atom is 0.141 e. The molecule has 1 saturated heterocycles. The first-order chi connectivity index (χ1) is 9.23. The molecule has 1 aliphatic rings. The van der Waals surface area contributed by atoms with Crippen molar-refractivity contribution < 1.29 is 4.74 Å². The third kappa shape index (κ3) is 3.19. The summed E-state index contributed by atoms with van der Waals surface area (Å²) in [6, 6.07) is 8.05. The van der Waals surface area contributed by atoms with E-state index >= 15 is 0 Å². The SMILES string of the molecule is CCN1CCC(CN)(Nc2ccccc2OC)CC1. The van der Waals surface area contributed by atoms with Gasteiger partial charge in [0.25, 0.3) is 0 Å². The van der Waals surface area contributed by atoms with E-state index in [-0.39, 0.29) is 5.54 Å². The number of para-hydroxylation sites is 2. The molecule has 1 heterocycles. The second kappa shape index (κ2) is 6.26. The summed E-state index contributed by atoms with van der Waals surface area (Å²) in [6.45, 7) is 6.20. The van der Waals surface area contributed by atoms with Gasteiger partial charge in [-0.15, -0.1) is 0 Å². The summed E-state index contributed by atoms with van der Waals surface area (Å²) < 4.78 is 5.40. The second-order valence-electron chi connectivity index (χ2n) is 5.24. The fourth-order valence-corrected chi connectivity index (χ4v) is 2.71. The fourth-order valence-electron chi connectivity index (χ4n) is 2.71. The molecule has 19 heavy (non-hydrogen) atoms. The normalized spacial score (nSPS) is 19.1. The van der Waals surface area contributed by atoms with Crippen molar-refractivity contribution in [2.24, 2.45) is 5.73 Å². The van der Waals surface area contributed by atoms with Crippen LogP contribution in [0.5, 0.6) is 5.75 Å². The van der Waals surface area contributed by atoms with E-state index in [4.69, 9.17) is 10.5 Å². The van der Waals surface area contributed by atoms with Gasteiger partial charge in [-0.05, 0) is 31.5 Å². The van der Waals surface area contributed by atoms with Crippen LogP contribution in [0.4, 0.5) is 5.69 Å². The minimum Gasteiger partial charge on any atom is -0.495 e. The molecule has 0 aliphatic carbocycles. The van der Waals surface area contributed by atoms with Crippen LogP contribution in [0.3, 0.4) is 0 Å². The molecule has 106 valence electrons. The number of piperidine rings is 1. The quantitative estimate of drug-likeness (QED) is 0.852. The Morgan fingerprint density at radius 3 is 2.58 bits per heavy atom. The van der Waals surface area contributed by atoms with Crippen molar-refractivity contribution in [1.82, 2.24) is 4.90 Å². The number of rotatable bonds is 5. The van der Waals surface area contributed by atoms with E-state index in [1.807, 2.05) is 18.2 Å². The second-order valence-corrected chi connectivity index (χ2v) is 5.24. The molecule has 1 aliphatic heterocycles. The smallest absolute Gasteiger partial charge is 0.141 e. The highest BCUT2D eigenvalue weighted by Gasteiger charge is 2.33. The van der Waals surface area contributed by atoms with E-state index in [1.165, 1.54) is 0 Å². The van der Waals surface area contributed by atoms with E-state index < -0.39 is 0 Å². The summed E-state index contributed by atoms with van der Waals surface area (Å²) >= 11 is 0. The van der Waals surface area contributed by atoms with Crippen LogP contribution in [-0.4, -0.2) is 43.7 Å². The summed E-state index contributed by atoms with van der Waals surface area (Å²) in [6.07, 6.45) is 2.16. The van der Waals surface area contributed by atoms with Crippen LogP contribution in [0.2, 0.25) is 0 Å². The minimum atomic E-state index is 0.000301. The minimum absolute atomic E-state index is 0.000301. The zero-order valence-corrected chi connectivity index (χ0v) is 12.0. The lowest BCUT2D eigenvalue weighted by molar-refractivity contribution is 0.184. The molecule has 0 bridgehead atoms. The third-order valence-electron chi connectivity index (χ3n) is 4.16. The van der Waals surface area contributed by atoms with Crippen LogP contribution in [0.25, 0.3) is 0 Å². The standard InChI is InChI=1S/C15H25N3O/c1-3-18-10-8-15(12-16,9-11-18)17-13-6-4-5-7-14(13)19-2/h4-7,17H,3,8-12,16H2,1-2H3. The van der Waals surface area contributed by atoms with E-state index in [1.54, 1.807) is 7.11 Å². The van der Waals surface area contributed by atoms with Crippen LogP contribution in [0, 0.1) is 0 Å². The topological polar surface area (TPSA) is 50.5 Å². The maximum absolute atomic E-state index is 6.04. The van der Waals surface area contributed by atoms with Crippen molar-refractivity contribution in [2.45, 2.75) is 25.3 Å². The van der Waals surface area contributed by atoms with Crippen LogP contribution < -0.4 is 15.8 Å². The largest absolute Gasteiger partial charge is 0.495 e. The van der Waals surface area contributed by atoms with Gasteiger partial charge in [0.2, 0.25) is 0 Å². The molecule has 2 rings (SSSR count). The van der Waals surface area contributed by atoms with Crippen LogP contribution in [-0.2, 0) is 0 Å². The molecular formula is C15H25N3O. The number of hydrogen-bond donors (Lipinski definition) is 2. The van der Waals surface area contributed by atoms with Crippen LogP contribution >= 0.6 is 0 Å². The third-order valence-corrected chi connectivity index (χ3v) is 4.16. The molecule has 0 atom stereocenters. The van der Waals surface area contributed by atoms with Crippen molar-refractivity contribution in [3.8, 4) is 5.75 Å².